The lowest BCUT2D eigenvalue weighted by Gasteiger charge is -2.06. The quantitative estimate of drug-likeness (QED) is 0.241. The first-order valence-corrected chi connectivity index (χ1v) is 9.64. The predicted molar refractivity (Wildman–Crippen MR) is 97.9 cm³/mol. The molecule has 0 atom stereocenters. The van der Waals surface area contributed by atoms with E-state index in [1.165, 1.54) is 49.8 Å². The number of nitrogens with zero attached hydrogens (tertiary/aromatic N) is 1. The Morgan fingerprint density at radius 3 is 1.92 bits per heavy atom. The number of likely N-dealkylation sites (tertiary alicyclic amines) is 1. The number of unbranched alkanes of at least 4 members (excludes halogenated alkanes) is 8. The summed E-state index contributed by atoms with van der Waals surface area (Å²) >= 11 is 0. The molecule has 1 rings (SSSR count). The molecule has 0 aromatic heterocycles. The first-order chi connectivity index (χ1) is 11.4. The summed E-state index contributed by atoms with van der Waals surface area (Å²) in [4.78, 5) is 24.8. The standard InChI is InChI=1S/C20H35NO3/c1-16(2)13-11-9-7-5-4-6-8-10-12-14-17(22)19-18(23)15-21(3)20(19)24/h16,22H,4-15H2,1-3H3/b19-17-. The molecule has 1 N–H and O–H groups in total. The van der Waals surface area contributed by atoms with Crippen LogP contribution in [0.5, 0.6) is 0 Å². The zero-order valence-corrected chi connectivity index (χ0v) is 15.8. The predicted octanol–water partition coefficient (Wildman–Crippen LogP) is 4.79. The van der Waals surface area contributed by atoms with Crippen molar-refractivity contribution in [2.24, 2.45) is 5.92 Å². The largest absolute Gasteiger partial charge is 0.511 e. The van der Waals surface area contributed by atoms with E-state index in [0.717, 1.165) is 25.2 Å². The zero-order valence-electron chi connectivity index (χ0n) is 15.8. The lowest BCUT2D eigenvalue weighted by Crippen LogP contribution is -2.19. The number of likely N-dealkylation sites (N-methyl/N-ethyl adjacent to an activating group) is 1. The van der Waals surface area contributed by atoms with Gasteiger partial charge in [0.05, 0.1) is 6.54 Å². The minimum Gasteiger partial charge on any atom is -0.511 e. The third-order valence-corrected chi connectivity index (χ3v) is 4.70. The van der Waals surface area contributed by atoms with E-state index >= 15 is 0 Å². The highest BCUT2D eigenvalue weighted by Crippen LogP contribution is 2.20. The van der Waals surface area contributed by atoms with Crippen LogP contribution in [0.1, 0.15) is 84.5 Å². The Morgan fingerprint density at radius 2 is 1.46 bits per heavy atom. The van der Waals surface area contributed by atoms with Crippen LogP contribution in [0.4, 0.5) is 0 Å². The maximum atomic E-state index is 11.8. The molecule has 1 aliphatic heterocycles. The normalized spacial score (nSPS) is 17.2. The van der Waals surface area contributed by atoms with E-state index in [1.807, 2.05) is 0 Å². The molecule has 138 valence electrons. The monoisotopic (exact) mass is 337 g/mol. The van der Waals surface area contributed by atoms with Gasteiger partial charge in [-0.1, -0.05) is 71.6 Å². The molecule has 24 heavy (non-hydrogen) atoms. The Hall–Kier alpha value is -1.32. The van der Waals surface area contributed by atoms with Crippen molar-refractivity contribution in [3.63, 3.8) is 0 Å². The fourth-order valence-corrected chi connectivity index (χ4v) is 3.17. The van der Waals surface area contributed by atoms with Crippen molar-refractivity contribution in [1.82, 2.24) is 4.90 Å². The molecule has 1 aliphatic rings. The Balaban J connectivity index is 2.02. The molecule has 0 aliphatic carbocycles. The molecule has 0 bridgehead atoms. The van der Waals surface area contributed by atoms with Crippen LogP contribution in [0.25, 0.3) is 0 Å². The number of hydrogen-bond acceptors (Lipinski definition) is 3. The van der Waals surface area contributed by atoms with Gasteiger partial charge in [0.25, 0.3) is 5.91 Å². The van der Waals surface area contributed by atoms with Crippen LogP contribution in [0.2, 0.25) is 0 Å². The van der Waals surface area contributed by atoms with Gasteiger partial charge in [-0.3, -0.25) is 9.59 Å². The number of amides is 1. The van der Waals surface area contributed by atoms with Gasteiger partial charge >= 0.3 is 0 Å². The topological polar surface area (TPSA) is 57.6 Å². The minimum atomic E-state index is -0.338. The van der Waals surface area contributed by atoms with E-state index in [0.29, 0.717) is 6.42 Å². The number of rotatable bonds is 12. The maximum absolute atomic E-state index is 11.8. The fraction of sp³-hybridized carbons (Fsp3) is 0.800. The second-order valence-electron chi connectivity index (χ2n) is 7.52. The molecule has 0 radical (unpaired) electrons. The molecule has 0 aromatic rings. The van der Waals surface area contributed by atoms with Gasteiger partial charge in [-0.25, -0.2) is 0 Å². The SMILES string of the molecule is CC(C)CCCCCCCCCCC/C(O)=C1\C(=O)CN(C)C1=O. The molecule has 0 saturated carbocycles. The summed E-state index contributed by atoms with van der Waals surface area (Å²) in [5.41, 5.74) is 0.0129. The highest BCUT2D eigenvalue weighted by Gasteiger charge is 2.33. The van der Waals surface area contributed by atoms with Gasteiger partial charge in [-0.15, -0.1) is 0 Å². The fourth-order valence-electron chi connectivity index (χ4n) is 3.17. The number of aliphatic hydroxyl groups is 1. The van der Waals surface area contributed by atoms with Gasteiger partial charge < -0.3 is 10.0 Å². The maximum Gasteiger partial charge on any atom is 0.261 e. The summed E-state index contributed by atoms with van der Waals surface area (Å²) in [6, 6.07) is 0. The number of carbonyl (C=O) groups excluding carboxylic acids is 2. The van der Waals surface area contributed by atoms with Crippen molar-refractivity contribution in [2.45, 2.75) is 84.5 Å². The van der Waals surface area contributed by atoms with Gasteiger partial charge in [-0.2, -0.15) is 0 Å². The number of aliphatic hydroxyl groups excluding tert-OH is 1. The number of allylic oxidation sites excluding steroid dienone is 1. The molecule has 4 nitrogen and oxygen atoms in total. The van der Waals surface area contributed by atoms with Crippen LogP contribution in [-0.2, 0) is 9.59 Å². The van der Waals surface area contributed by atoms with Crippen LogP contribution >= 0.6 is 0 Å². The van der Waals surface area contributed by atoms with Gasteiger partial charge in [0, 0.05) is 13.5 Å². The number of carbonyl (C=O) groups is 2. The number of Topliss-reactive ketones (excluding diaryl/α,β-unsaturated/α-hetero) is 1. The molecule has 1 saturated heterocycles. The summed E-state index contributed by atoms with van der Waals surface area (Å²) in [7, 11) is 1.59. The third kappa shape index (κ3) is 7.50. The molecule has 1 amide bonds. The molecule has 4 heteroatoms. The second kappa shape index (κ2) is 11.3. The molecular weight excluding hydrogens is 302 g/mol. The molecule has 1 fully saturated rings. The van der Waals surface area contributed by atoms with Crippen LogP contribution in [0.3, 0.4) is 0 Å². The average Bonchev–Trinajstić information content (AvgIpc) is 2.77. The lowest BCUT2D eigenvalue weighted by molar-refractivity contribution is -0.123. The van der Waals surface area contributed by atoms with Crippen LogP contribution in [-0.4, -0.2) is 35.3 Å². The number of hydrogen-bond donors (Lipinski definition) is 1. The summed E-state index contributed by atoms with van der Waals surface area (Å²) in [6.45, 7) is 4.66. The summed E-state index contributed by atoms with van der Waals surface area (Å²) in [5.74, 6) is 0.221. The van der Waals surface area contributed by atoms with E-state index in [-0.39, 0.29) is 29.6 Å². The van der Waals surface area contributed by atoms with Crippen LogP contribution < -0.4 is 0 Å². The second-order valence-corrected chi connectivity index (χ2v) is 7.52. The van der Waals surface area contributed by atoms with Crippen LogP contribution in [0.15, 0.2) is 11.3 Å². The highest BCUT2D eigenvalue weighted by atomic mass is 16.3. The lowest BCUT2D eigenvalue weighted by atomic mass is 10.0. The molecule has 0 spiro atoms. The van der Waals surface area contributed by atoms with Gasteiger partial charge in [0.15, 0.2) is 5.78 Å². The molecule has 1 heterocycles. The van der Waals surface area contributed by atoms with Crippen molar-refractivity contribution >= 4 is 11.7 Å². The van der Waals surface area contributed by atoms with Crippen molar-refractivity contribution in [3.05, 3.63) is 11.3 Å². The summed E-state index contributed by atoms with van der Waals surface area (Å²) in [5, 5.41) is 9.98. The zero-order chi connectivity index (χ0) is 17.9. The van der Waals surface area contributed by atoms with E-state index in [9.17, 15) is 14.7 Å². The van der Waals surface area contributed by atoms with Gasteiger partial charge in [-0.05, 0) is 12.3 Å². The van der Waals surface area contributed by atoms with E-state index in [2.05, 4.69) is 13.8 Å². The first kappa shape index (κ1) is 20.7. The Labute approximate surface area is 147 Å². The Bertz CT molecular complexity index is 440. The van der Waals surface area contributed by atoms with Crippen molar-refractivity contribution in [2.75, 3.05) is 13.6 Å². The smallest absolute Gasteiger partial charge is 0.261 e. The molecular formula is C20H35NO3. The Morgan fingerprint density at radius 1 is 0.958 bits per heavy atom. The van der Waals surface area contributed by atoms with E-state index in [1.54, 1.807) is 7.05 Å². The van der Waals surface area contributed by atoms with Crippen molar-refractivity contribution in [3.8, 4) is 0 Å². The van der Waals surface area contributed by atoms with Gasteiger partial charge in [0.2, 0.25) is 0 Å². The van der Waals surface area contributed by atoms with Gasteiger partial charge in [0.1, 0.15) is 11.3 Å². The summed E-state index contributed by atoms with van der Waals surface area (Å²) < 4.78 is 0. The minimum absolute atomic E-state index is 0.0129. The first-order valence-electron chi connectivity index (χ1n) is 9.64. The molecule has 0 unspecified atom stereocenters. The molecule has 0 aromatic carbocycles. The van der Waals surface area contributed by atoms with Crippen LogP contribution in [0, 0.1) is 5.92 Å². The third-order valence-electron chi connectivity index (χ3n) is 4.70. The number of ketones is 1. The highest BCUT2D eigenvalue weighted by molar-refractivity contribution is 6.25. The van der Waals surface area contributed by atoms with Crippen molar-refractivity contribution < 1.29 is 14.7 Å². The van der Waals surface area contributed by atoms with Crippen molar-refractivity contribution in [1.29, 1.82) is 0 Å². The average molecular weight is 338 g/mol. The Kier molecular flexibility index (Phi) is 9.73. The van der Waals surface area contributed by atoms with E-state index < -0.39 is 0 Å². The summed E-state index contributed by atoms with van der Waals surface area (Å²) in [6.07, 6.45) is 12.7. The van der Waals surface area contributed by atoms with E-state index in [4.69, 9.17) is 0 Å².